The maximum Gasteiger partial charge on any atom is 0.321 e. The van der Waals surface area contributed by atoms with E-state index in [1.165, 1.54) is 6.21 Å². The predicted octanol–water partition coefficient (Wildman–Crippen LogP) is 7.99. The Morgan fingerprint density at radius 3 is 2.05 bits per heavy atom. The quantitative estimate of drug-likeness (QED) is 0.102. The van der Waals surface area contributed by atoms with Crippen LogP contribution in [0.5, 0.6) is 11.5 Å². The lowest BCUT2D eigenvalue weighted by Crippen LogP contribution is -2.47. The number of nitro benzene ring substituents is 2. The Morgan fingerprint density at radius 1 is 0.976 bits per heavy atom. The zero-order chi connectivity index (χ0) is 31.8. The van der Waals surface area contributed by atoms with Crippen LogP contribution in [-0.2, 0) is 10.3 Å². The number of phenols is 1. The summed E-state index contributed by atoms with van der Waals surface area (Å²) in [4.78, 5) is 37.1. The third kappa shape index (κ3) is 9.88. The molecule has 0 bridgehead atoms. The van der Waals surface area contributed by atoms with E-state index in [1.807, 2.05) is 65.0 Å². The molecule has 11 nitrogen and oxygen atoms in total. The standard InChI is InChI=1S/C15H22BrNO.C13H7Br2N3O6/c1-14(2,3)12(16)13(18)17-15(4,5)11-9-7-6-8-10-11;14-9-3-7(4-10(15)13(9)19)6-16-24-12-2-1-8(17(20)21)5-11(12)18(22)23/h6-10,12H,1-5H3,(H,17,18);1-6,19H/b;16-6+. The fraction of sp³-hybridized carbons (Fsp3) is 0.286. The molecule has 0 saturated heterocycles. The van der Waals surface area contributed by atoms with Crippen molar-refractivity contribution in [2.24, 2.45) is 10.6 Å². The fourth-order valence-electron chi connectivity index (χ4n) is 3.33. The van der Waals surface area contributed by atoms with E-state index in [-0.39, 0.29) is 33.2 Å². The Hall–Kier alpha value is -3.36. The second-order valence-corrected chi connectivity index (χ2v) is 13.2. The number of hydrogen-bond donors (Lipinski definition) is 2. The Balaban J connectivity index is 0.000000307. The number of nitrogens with zero attached hydrogens (tertiary/aromatic N) is 3. The minimum absolute atomic E-state index is 0.0130. The molecule has 0 spiro atoms. The molecular formula is C28H29Br3N4O7. The molecule has 0 aliphatic rings. The Labute approximate surface area is 268 Å². The first-order valence-electron chi connectivity index (χ1n) is 12.3. The van der Waals surface area contributed by atoms with Gasteiger partial charge in [0.05, 0.1) is 41.4 Å². The van der Waals surface area contributed by atoms with E-state index in [4.69, 9.17) is 4.84 Å². The molecule has 2 N–H and O–H groups in total. The molecule has 1 amide bonds. The van der Waals surface area contributed by atoms with Crippen molar-refractivity contribution in [2.75, 3.05) is 0 Å². The number of oxime groups is 1. The molecule has 1 unspecified atom stereocenters. The van der Waals surface area contributed by atoms with Gasteiger partial charge in [-0.15, -0.1) is 0 Å². The maximum atomic E-state index is 12.2. The van der Waals surface area contributed by atoms with Crippen LogP contribution >= 0.6 is 47.8 Å². The molecule has 3 aromatic carbocycles. The number of aromatic hydroxyl groups is 1. The van der Waals surface area contributed by atoms with E-state index in [9.17, 15) is 30.1 Å². The van der Waals surface area contributed by atoms with Crippen LogP contribution in [0.3, 0.4) is 0 Å². The van der Waals surface area contributed by atoms with Crippen molar-refractivity contribution in [1.82, 2.24) is 5.32 Å². The summed E-state index contributed by atoms with van der Waals surface area (Å²) < 4.78 is 0.833. The highest BCUT2D eigenvalue weighted by atomic mass is 79.9. The Bertz CT molecular complexity index is 1450. The first kappa shape index (κ1) is 34.8. The van der Waals surface area contributed by atoms with Crippen molar-refractivity contribution < 1.29 is 24.6 Å². The van der Waals surface area contributed by atoms with Crippen molar-refractivity contribution in [3.05, 3.63) is 101 Å². The topological polar surface area (TPSA) is 157 Å². The van der Waals surface area contributed by atoms with Gasteiger partial charge in [0.1, 0.15) is 5.75 Å². The number of nitrogens with one attached hydrogen (secondary N) is 1. The highest BCUT2D eigenvalue weighted by Gasteiger charge is 2.32. The van der Waals surface area contributed by atoms with Gasteiger partial charge in [-0.25, -0.2) is 0 Å². The number of amides is 1. The van der Waals surface area contributed by atoms with Crippen LogP contribution in [0.15, 0.2) is 74.8 Å². The molecule has 0 fully saturated rings. The summed E-state index contributed by atoms with van der Waals surface area (Å²) in [6.45, 7) is 10.2. The van der Waals surface area contributed by atoms with Gasteiger partial charge in [-0.05, 0) is 80.4 Å². The molecule has 0 heterocycles. The number of halogens is 3. The predicted molar refractivity (Wildman–Crippen MR) is 171 cm³/mol. The van der Waals surface area contributed by atoms with Gasteiger partial charge in [-0.2, -0.15) is 0 Å². The van der Waals surface area contributed by atoms with Crippen molar-refractivity contribution in [1.29, 1.82) is 0 Å². The largest absolute Gasteiger partial charge is 0.506 e. The van der Waals surface area contributed by atoms with Gasteiger partial charge in [0.15, 0.2) is 0 Å². The number of phenolic OH excluding ortho intramolecular Hbond substituents is 1. The minimum atomic E-state index is -0.800. The zero-order valence-electron chi connectivity index (χ0n) is 23.3. The first-order valence-corrected chi connectivity index (χ1v) is 14.8. The van der Waals surface area contributed by atoms with Gasteiger partial charge in [-0.3, -0.25) is 25.0 Å². The highest BCUT2D eigenvalue weighted by molar-refractivity contribution is 9.11. The molecule has 14 heteroatoms. The van der Waals surface area contributed by atoms with Gasteiger partial charge in [0, 0.05) is 6.07 Å². The van der Waals surface area contributed by atoms with Crippen LogP contribution in [0, 0.1) is 25.6 Å². The minimum Gasteiger partial charge on any atom is -0.506 e. The van der Waals surface area contributed by atoms with E-state index in [2.05, 4.69) is 58.3 Å². The van der Waals surface area contributed by atoms with Gasteiger partial charge in [0.2, 0.25) is 11.7 Å². The lowest BCUT2D eigenvalue weighted by molar-refractivity contribution is -0.394. The van der Waals surface area contributed by atoms with Crippen LogP contribution in [0.1, 0.15) is 45.7 Å². The molecule has 3 rings (SSSR count). The lowest BCUT2D eigenvalue weighted by Gasteiger charge is -2.31. The average molecular weight is 773 g/mol. The van der Waals surface area contributed by atoms with Crippen LogP contribution in [0.4, 0.5) is 11.4 Å². The van der Waals surface area contributed by atoms with Crippen molar-refractivity contribution in [3.8, 4) is 11.5 Å². The van der Waals surface area contributed by atoms with E-state index >= 15 is 0 Å². The lowest BCUT2D eigenvalue weighted by atomic mass is 9.89. The number of rotatable bonds is 8. The van der Waals surface area contributed by atoms with Gasteiger partial charge >= 0.3 is 5.69 Å². The summed E-state index contributed by atoms with van der Waals surface area (Å²) in [5.74, 6) is -0.200. The zero-order valence-corrected chi connectivity index (χ0v) is 28.1. The number of non-ortho nitro benzene ring substituents is 1. The summed E-state index contributed by atoms with van der Waals surface area (Å²) in [6.07, 6.45) is 1.26. The summed E-state index contributed by atoms with van der Waals surface area (Å²) in [5, 5.41) is 37.9. The molecule has 1 atom stereocenters. The fourth-order valence-corrected chi connectivity index (χ4v) is 4.67. The second-order valence-electron chi connectivity index (χ2n) is 10.5. The number of alkyl halides is 1. The molecule has 0 aliphatic carbocycles. The normalized spacial score (nSPS) is 12.2. The molecule has 3 aromatic rings. The van der Waals surface area contributed by atoms with Crippen LogP contribution in [0.2, 0.25) is 0 Å². The van der Waals surface area contributed by atoms with E-state index < -0.39 is 21.2 Å². The molecule has 0 aromatic heterocycles. The maximum absolute atomic E-state index is 12.2. The summed E-state index contributed by atoms with van der Waals surface area (Å²) in [7, 11) is 0. The van der Waals surface area contributed by atoms with Crippen molar-refractivity contribution >= 4 is 71.3 Å². The summed E-state index contributed by atoms with van der Waals surface area (Å²) >= 11 is 9.78. The highest BCUT2D eigenvalue weighted by Crippen LogP contribution is 2.34. The van der Waals surface area contributed by atoms with Crippen LogP contribution in [-0.4, -0.2) is 31.9 Å². The van der Waals surface area contributed by atoms with E-state index in [0.717, 1.165) is 23.8 Å². The van der Waals surface area contributed by atoms with E-state index in [0.29, 0.717) is 14.5 Å². The van der Waals surface area contributed by atoms with Gasteiger partial charge in [0.25, 0.3) is 5.69 Å². The summed E-state index contributed by atoms with van der Waals surface area (Å²) in [5.41, 5.74) is 0.175. The smallest absolute Gasteiger partial charge is 0.321 e. The number of benzene rings is 3. The van der Waals surface area contributed by atoms with Gasteiger partial charge < -0.3 is 15.3 Å². The number of carbonyl (C=O) groups is 1. The third-order valence-corrected chi connectivity index (χ3v) is 8.66. The molecule has 42 heavy (non-hydrogen) atoms. The third-order valence-electron chi connectivity index (χ3n) is 5.66. The number of hydrogen-bond acceptors (Lipinski definition) is 8. The summed E-state index contributed by atoms with van der Waals surface area (Å²) in [6, 6.07) is 16.1. The van der Waals surface area contributed by atoms with E-state index in [1.54, 1.807) is 12.1 Å². The Kier molecular flexibility index (Phi) is 12.2. The average Bonchev–Trinajstić information content (AvgIpc) is 2.91. The monoisotopic (exact) mass is 770 g/mol. The van der Waals surface area contributed by atoms with Crippen LogP contribution in [0.25, 0.3) is 0 Å². The first-order chi connectivity index (χ1) is 19.4. The number of carbonyl (C=O) groups excluding carboxylic acids is 1. The molecule has 224 valence electrons. The Morgan fingerprint density at radius 2 is 1.55 bits per heavy atom. The molecular weight excluding hydrogens is 744 g/mol. The van der Waals surface area contributed by atoms with Crippen LogP contribution < -0.4 is 10.2 Å². The molecule has 0 saturated carbocycles. The van der Waals surface area contributed by atoms with Gasteiger partial charge in [-0.1, -0.05) is 72.2 Å². The van der Waals surface area contributed by atoms with Crippen molar-refractivity contribution in [2.45, 2.75) is 45.0 Å². The second kappa shape index (κ2) is 14.7. The number of nitro groups is 2. The molecule has 0 aliphatic heterocycles. The molecule has 0 radical (unpaired) electrons. The van der Waals surface area contributed by atoms with Crippen molar-refractivity contribution in [3.63, 3.8) is 0 Å². The SMILES string of the molecule is CC(C)(NC(=O)C(Br)C(C)(C)C)c1ccccc1.O=[N+]([O-])c1ccc(O/N=C/c2cc(Br)c(O)c(Br)c2)c([N+](=O)[O-])c1.